The van der Waals surface area contributed by atoms with Crippen LogP contribution in [-0.2, 0) is 6.42 Å². The number of halogens is 1. The van der Waals surface area contributed by atoms with Crippen LogP contribution < -0.4 is 5.56 Å². The third-order valence-electron chi connectivity index (χ3n) is 6.03. The molecule has 29 heavy (non-hydrogen) atoms. The van der Waals surface area contributed by atoms with Gasteiger partial charge in [0.05, 0.1) is 10.9 Å². The normalized spacial score (nSPS) is 16.0. The highest BCUT2D eigenvalue weighted by atomic mass is 35.5. The van der Waals surface area contributed by atoms with Crippen molar-refractivity contribution in [2.24, 2.45) is 0 Å². The summed E-state index contributed by atoms with van der Waals surface area (Å²) in [4.78, 5) is 26.0. The second kappa shape index (κ2) is 7.65. The number of nitrogens with zero attached hydrogens (tertiary/aromatic N) is 2. The first kappa shape index (κ1) is 18.4. The Kier molecular flexibility index (Phi) is 4.86. The van der Waals surface area contributed by atoms with E-state index >= 15 is 0 Å². The predicted octanol–water partition coefficient (Wildman–Crippen LogP) is 4.48. The zero-order valence-corrected chi connectivity index (χ0v) is 16.9. The SMILES string of the molecule is O=c1[nH]c(C2CCN(CCc3c[nH]c4ccccc34)CC2)nc2ccc(Cl)cc12. The van der Waals surface area contributed by atoms with Crippen LogP contribution in [0.15, 0.2) is 53.5 Å². The van der Waals surface area contributed by atoms with Crippen molar-refractivity contribution in [2.45, 2.75) is 25.2 Å². The minimum absolute atomic E-state index is 0.103. The molecule has 6 heteroatoms. The third kappa shape index (κ3) is 3.68. The van der Waals surface area contributed by atoms with Gasteiger partial charge in [-0.2, -0.15) is 0 Å². The van der Waals surface area contributed by atoms with Crippen molar-refractivity contribution in [3.8, 4) is 0 Å². The Labute approximate surface area is 173 Å². The first-order valence-corrected chi connectivity index (χ1v) is 10.5. The lowest BCUT2D eigenvalue weighted by atomic mass is 9.95. The molecule has 5 rings (SSSR count). The first-order chi connectivity index (χ1) is 14.2. The van der Waals surface area contributed by atoms with Crippen LogP contribution in [0.2, 0.25) is 5.02 Å². The molecule has 0 spiro atoms. The van der Waals surface area contributed by atoms with E-state index in [1.807, 2.05) is 6.07 Å². The van der Waals surface area contributed by atoms with Gasteiger partial charge in [0.25, 0.3) is 5.56 Å². The van der Waals surface area contributed by atoms with Gasteiger partial charge in [0.15, 0.2) is 0 Å². The number of hydrogen-bond acceptors (Lipinski definition) is 3. The predicted molar refractivity (Wildman–Crippen MR) is 118 cm³/mol. The molecule has 148 valence electrons. The molecule has 0 unspecified atom stereocenters. The maximum atomic E-state index is 12.4. The van der Waals surface area contributed by atoms with Gasteiger partial charge in [-0.3, -0.25) is 4.79 Å². The maximum Gasteiger partial charge on any atom is 0.258 e. The molecule has 5 nitrogen and oxygen atoms in total. The maximum absolute atomic E-state index is 12.4. The molecule has 0 saturated carbocycles. The van der Waals surface area contributed by atoms with Gasteiger partial charge in [0, 0.05) is 34.6 Å². The van der Waals surface area contributed by atoms with E-state index in [1.54, 1.807) is 12.1 Å². The highest BCUT2D eigenvalue weighted by Gasteiger charge is 2.23. The van der Waals surface area contributed by atoms with Crippen LogP contribution in [0, 0.1) is 0 Å². The summed E-state index contributed by atoms with van der Waals surface area (Å²) in [6.07, 6.45) is 5.19. The van der Waals surface area contributed by atoms with E-state index in [2.05, 4.69) is 45.3 Å². The number of nitrogens with one attached hydrogen (secondary N) is 2. The summed E-state index contributed by atoms with van der Waals surface area (Å²) in [5.41, 5.74) is 3.19. The van der Waals surface area contributed by atoms with Gasteiger partial charge in [-0.15, -0.1) is 0 Å². The van der Waals surface area contributed by atoms with Crippen LogP contribution in [-0.4, -0.2) is 39.5 Å². The molecule has 0 amide bonds. The molecule has 2 N–H and O–H groups in total. The Balaban J connectivity index is 1.24. The topological polar surface area (TPSA) is 64.8 Å². The monoisotopic (exact) mass is 406 g/mol. The van der Waals surface area contributed by atoms with Crippen molar-refractivity contribution in [1.82, 2.24) is 19.9 Å². The fourth-order valence-corrected chi connectivity index (χ4v) is 4.54. The molecular formula is C23H23ClN4O. The van der Waals surface area contributed by atoms with E-state index in [0.717, 1.165) is 50.2 Å². The molecule has 0 bridgehead atoms. The van der Waals surface area contributed by atoms with Crippen molar-refractivity contribution in [2.75, 3.05) is 19.6 Å². The van der Waals surface area contributed by atoms with Crippen LogP contribution in [0.5, 0.6) is 0 Å². The molecule has 1 fully saturated rings. The summed E-state index contributed by atoms with van der Waals surface area (Å²) in [5, 5.41) is 2.43. The van der Waals surface area contributed by atoms with Gasteiger partial charge in [-0.05, 0) is 62.2 Å². The lowest BCUT2D eigenvalue weighted by molar-refractivity contribution is 0.211. The van der Waals surface area contributed by atoms with Crippen LogP contribution in [0.4, 0.5) is 0 Å². The number of aromatic nitrogens is 3. The Morgan fingerprint density at radius 3 is 2.79 bits per heavy atom. The Morgan fingerprint density at radius 1 is 1.10 bits per heavy atom. The van der Waals surface area contributed by atoms with Gasteiger partial charge in [0.2, 0.25) is 0 Å². The highest BCUT2D eigenvalue weighted by Crippen LogP contribution is 2.27. The number of hydrogen-bond donors (Lipinski definition) is 2. The van der Waals surface area contributed by atoms with Gasteiger partial charge in [-0.1, -0.05) is 29.8 Å². The summed E-state index contributed by atoms with van der Waals surface area (Å²) in [5.74, 6) is 1.10. The number of para-hydroxylation sites is 1. The van der Waals surface area contributed by atoms with E-state index in [9.17, 15) is 4.79 Å². The summed E-state index contributed by atoms with van der Waals surface area (Å²) in [6, 6.07) is 13.8. The highest BCUT2D eigenvalue weighted by molar-refractivity contribution is 6.31. The standard InChI is InChI=1S/C23H23ClN4O/c24-17-5-6-21-19(13-17)23(29)27-22(26-21)15-7-10-28(11-8-15)12-9-16-14-25-20-4-2-1-3-18(16)20/h1-6,13-15,25H,7-12H2,(H,26,27,29). The second-order valence-corrected chi connectivity index (χ2v) is 8.27. The number of likely N-dealkylation sites (tertiary alicyclic amines) is 1. The average Bonchev–Trinajstić information content (AvgIpc) is 3.16. The van der Waals surface area contributed by atoms with Crippen LogP contribution in [0.3, 0.4) is 0 Å². The lowest BCUT2D eigenvalue weighted by Crippen LogP contribution is -2.35. The number of piperidine rings is 1. The number of fused-ring (bicyclic) bond motifs is 2. The number of benzene rings is 2. The summed E-state index contributed by atoms with van der Waals surface area (Å²) < 4.78 is 0. The van der Waals surface area contributed by atoms with Gasteiger partial charge in [0.1, 0.15) is 5.82 Å². The fraction of sp³-hybridized carbons (Fsp3) is 0.304. The molecule has 2 aromatic carbocycles. The number of rotatable bonds is 4. The Bertz CT molecular complexity index is 1220. The van der Waals surface area contributed by atoms with Crippen molar-refractivity contribution >= 4 is 33.4 Å². The number of H-pyrrole nitrogens is 2. The lowest BCUT2D eigenvalue weighted by Gasteiger charge is -2.31. The molecule has 1 saturated heterocycles. The molecule has 4 aromatic rings. The van der Waals surface area contributed by atoms with Crippen molar-refractivity contribution in [1.29, 1.82) is 0 Å². The summed E-state index contributed by atoms with van der Waals surface area (Å²) in [6.45, 7) is 3.10. The summed E-state index contributed by atoms with van der Waals surface area (Å²) in [7, 11) is 0. The third-order valence-corrected chi connectivity index (χ3v) is 6.27. The van der Waals surface area contributed by atoms with Gasteiger partial charge < -0.3 is 14.9 Å². The fourth-order valence-electron chi connectivity index (χ4n) is 4.37. The van der Waals surface area contributed by atoms with Crippen molar-refractivity contribution in [3.63, 3.8) is 0 Å². The molecule has 0 aliphatic carbocycles. The minimum Gasteiger partial charge on any atom is -0.361 e. The van der Waals surface area contributed by atoms with E-state index in [-0.39, 0.29) is 5.56 Å². The Hall–Kier alpha value is -2.63. The zero-order valence-electron chi connectivity index (χ0n) is 16.1. The number of aromatic amines is 2. The molecular weight excluding hydrogens is 384 g/mol. The van der Waals surface area contributed by atoms with Crippen molar-refractivity contribution in [3.05, 3.63) is 75.4 Å². The second-order valence-electron chi connectivity index (χ2n) is 7.84. The summed E-state index contributed by atoms with van der Waals surface area (Å²) >= 11 is 6.01. The molecule has 1 aliphatic rings. The van der Waals surface area contributed by atoms with Gasteiger partial charge in [-0.25, -0.2) is 4.98 Å². The minimum atomic E-state index is -0.103. The van der Waals surface area contributed by atoms with Crippen LogP contribution in [0.25, 0.3) is 21.8 Å². The van der Waals surface area contributed by atoms with Crippen LogP contribution >= 0.6 is 11.6 Å². The Morgan fingerprint density at radius 2 is 1.93 bits per heavy atom. The van der Waals surface area contributed by atoms with E-state index < -0.39 is 0 Å². The van der Waals surface area contributed by atoms with E-state index in [0.29, 0.717) is 16.3 Å². The molecule has 0 radical (unpaired) electrons. The molecule has 1 aliphatic heterocycles. The van der Waals surface area contributed by atoms with E-state index in [4.69, 9.17) is 16.6 Å². The first-order valence-electron chi connectivity index (χ1n) is 10.1. The van der Waals surface area contributed by atoms with Crippen LogP contribution in [0.1, 0.15) is 30.1 Å². The van der Waals surface area contributed by atoms with Gasteiger partial charge >= 0.3 is 0 Å². The largest absolute Gasteiger partial charge is 0.361 e. The smallest absolute Gasteiger partial charge is 0.258 e. The van der Waals surface area contributed by atoms with E-state index in [1.165, 1.54) is 16.5 Å². The zero-order chi connectivity index (χ0) is 19.8. The molecule has 0 atom stereocenters. The average molecular weight is 407 g/mol. The molecule has 2 aromatic heterocycles. The van der Waals surface area contributed by atoms with Crippen molar-refractivity contribution < 1.29 is 0 Å². The quantitative estimate of drug-likeness (QED) is 0.525. The molecule has 3 heterocycles.